The first-order chi connectivity index (χ1) is 14.9. The Bertz CT molecular complexity index is 1020. The summed E-state index contributed by atoms with van der Waals surface area (Å²) < 4.78 is 38.8. The lowest BCUT2D eigenvalue weighted by Crippen LogP contribution is -2.52. The average molecular weight is 446 g/mol. The lowest BCUT2D eigenvalue weighted by Gasteiger charge is -2.44. The smallest absolute Gasteiger partial charge is 0.321 e. The highest BCUT2D eigenvalue weighted by atomic mass is 32.2. The van der Waals surface area contributed by atoms with Crippen LogP contribution in [0, 0.1) is 5.41 Å². The fourth-order valence-corrected chi connectivity index (χ4v) is 5.84. The van der Waals surface area contributed by atoms with Gasteiger partial charge in [-0.15, -0.1) is 0 Å². The number of benzene rings is 1. The summed E-state index contributed by atoms with van der Waals surface area (Å²) in [4.78, 5) is 18.8. The van der Waals surface area contributed by atoms with Crippen molar-refractivity contribution < 1.29 is 22.7 Å². The van der Waals surface area contributed by atoms with Crippen molar-refractivity contribution in [2.75, 3.05) is 39.9 Å². The molecule has 3 heterocycles. The Labute approximate surface area is 182 Å². The number of carbonyl (C=O) groups is 1. The van der Waals surface area contributed by atoms with Gasteiger partial charge in [0.2, 0.25) is 10.0 Å². The number of hydrogen-bond donors (Lipinski definition) is 0. The first-order valence-electron chi connectivity index (χ1n) is 10.3. The lowest BCUT2D eigenvalue weighted by molar-refractivity contribution is -0.141. The number of fused-ring (bicyclic) bond motifs is 1. The van der Waals surface area contributed by atoms with Gasteiger partial charge in [0.15, 0.2) is 0 Å². The van der Waals surface area contributed by atoms with Gasteiger partial charge in [0, 0.05) is 24.7 Å². The van der Waals surface area contributed by atoms with Gasteiger partial charge in [-0.05, 0) is 50.2 Å². The Kier molecular flexibility index (Phi) is 6.27. The summed E-state index contributed by atoms with van der Waals surface area (Å²) in [5, 5.41) is 0. The van der Waals surface area contributed by atoms with Crippen LogP contribution in [0.1, 0.15) is 18.5 Å². The van der Waals surface area contributed by atoms with Gasteiger partial charge in [-0.3, -0.25) is 14.7 Å². The second kappa shape index (κ2) is 8.94. The Hall–Kier alpha value is -2.49. The molecule has 8 nitrogen and oxygen atoms in total. The zero-order valence-electron chi connectivity index (χ0n) is 17.6. The predicted molar refractivity (Wildman–Crippen MR) is 114 cm³/mol. The van der Waals surface area contributed by atoms with Crippen LogP contribution in [0.3, 0.4) is 0 Å². The van der Waals surface area contributed by atoms with Gasteiger partial charge >= 0.3 is 5.97 Å². The molecule has 0 bridgehead atoms. The molecule has 1 fully saturated rings. The molecule has 1 aromatic heterocycles. The van der Waals surface area contributed by atoms with Crippen molar-refractivity contribution >= 4 is 16.0 Å². The van der Waals surface area contributed by atoms with Gasteiger partial charge < -0.3 is 9.47 Å². The van der Waals surface area contributed by atoms with Crippen LogP contribution >= 0.6 is 0 Å². The largest absolute Gasteiger partial charge is 0.492 e. The van der Waals surface area contributed by atoms with E-state index in [0.29, 0.717) is 12.4 Å². The number of sulfonamides is 1. The third-order valence-electron chi connectivity index (χ3n) is 6.07. The van der Waals surface area contributed by atoms with Crippen molar-refractivity contribution in [1.82, 2.24) is 14.2 Å². The molecular formula is C22H27N3O5S. The number of rotatable bonds is 4. The minimum Gasteiger partial charge on any atom is -0.492 e. The first-order valence-corrected chi connectivity index (χ1v) is 11.8. The topological polar surface area (TPSA) is 89.0 Å². The molecule has 0 saturated carbocycles. The SMILES string of the molecule is COC(=O)CN1CC2(CCN(Cc3ccccn3)CC2)COc2ccccc2S1(=O)=O. The van der Waals surface area contributed by atoms with Gasteiger partial charge in [-0.1, -0.05) is 18.2 Å². The van der Waals surface area contributed by atoms with E-state index in [9.17, 15) is 13.2 Å². The number of likely N-dealkylation sites (tertiary alicyclic amines) is 1. The fraction of sp³-hybridized carbons (Fsp3) is 0.455. The molecule has 4 rings (SSSR count). The summed E-state index contributed by atoms with van der Waals surface area (Å²) >= 11 is 0. The molecule has 0 unspecified atom stereocenters. The number of methoxy groups -OCH3 is 1. The van der Waals surface area contributed by atoms with Crippen LogP contribution in [0.2, 0.25) is 0 Å². The second-order valence-electron chi connectivity index (χ2n) is 8.18. The zero-order valence-corrected chi connectivity index (χ0v) is 18.4. The van der Waals surface area contributed by atoms with Crippen LogP contribution in [0.4, 0.5) is 0 Å². The van der Waals surface area contributed by atoms with Gasteiger partial charge in [0.05, 0.1) is 19.4 Å². The quantitative estimate of drug-likeness (QED) is 0.664. The van der Waals surface area contributed by atoms with Crippen LogP contribution in [-0.4, -0.2) is 68.5 Å². The fourth-order valence-electron chi connectivity index (χ4n) is 4.22. The van der Waals surface area contributed by atoms with E-state index in [2.05, 4.69) is 9.88 Å². The number of nitrogens with zero attached hydrogens (tertiary/aromatic N) is 3. The molecule has 9 heteroatoms. The Balaban J connectivity index is 1.57. The van der Waals surface area contributed by atoms with Crippen molar-refractivity contribution in [2.45, 2.75) is 24.3 Å². The van der Waals surface area contributed by atoms with E-state index in [1.165, 1.54) is 17.5 Å². The van der Waals surface area contributed by atoms with Gasteiger partial charge in [-0.25, -0.2) is 8.42 Å². The summed E-state index contributed by atoms with van der Waals surface area (Å²) in [5.41, 5.74) is 0.631. The van der Waals surface area contributed by atoms with Crippen LogP contribution in [0.15, 0.2) is 53.6 Å². The lowest BCUT2D eigenvalue weighted by atomic mass is 9.78. The third-order valence-corrected chi connectivity index (χ3v) is 7.91. The van der Waals surface area contributed by atoms with Crippen molar-refractivity contribution in [3.8, 4) is 5.75 Å². The molecule has 1 spiro atoms. The van der Waals surface area contributed by atoms with E-state index in [0.717, 1.165) is 38.2 Å². The number of hydrogen-bond acceptors (Lipinski definition) is 7. The van der Waals surface area contributed by atoms with Crippen molar-refractivity contribution in [3.63, 3.8) is 0 Å². The maximum Gasteiger partial charge on any atom is 0.321 e. The molecule has 2 aliphatic heterocycles. The molecule has 31 heavy (non-hydrogen) atoms. The maximum absolute atomic E-state index is 13.4. The number of pyridine rings is 1. The molecule has 1 saturated heterocycles. The number of piperidine rings is 1. The third kappa shape index (κ3) is 4.73. The highest BCUT2D eigenvalue weighted by Crippen LogP contribution is 2.39. The van der Waals surface area contributed by atoms with Gasteiger partial charge in [-0.2, -0.15) is 4.31 Å². The maximum atomic E-state index is 13.4. The van der Waals surface area contributed by atoms with Crippen molar-refractivity contribution in [3.05, 3.63) is 54.4 Å². The standard InChI is InChI=1S/C22H27N3O5S/c1-29-21(26)15-25-16-22(17-30-19-7-2-3-8-20(19)31(25,27)28)9-12-24(13-10-22)14-18-6-4-5-11-23-18/h2-8,11H,9-10,12-17H2,1H3. The highest BCUT2D eigenvalue weighted by Gasteiger charge is 2.43. The summed E-state index contributed by atoms with van der Waals surface area (Å²) in [5.74, 6) is -0.252. The number of carbonyl (C=O) groups excluding carboxylic acids is 1. The van der Waals surface area contributed by atoms with E-state index < -0.39 is 16.0 Å². The van der Waals surface area contributed by atoms with Crippen LogP contribution in [-0.2, 0) is 26.1 Å². The molecular weight excluding hydrogens is 418 g/mol. The van der Waals surface area contributed by atoms with E-state index >= 15 is 0 Å². The summed E-state index contributed by atoms with van der Waals surface area (Å²) in [7, 11) is -2.64. The minimum absolute atomic E-state index is 0.0846. The summed E-state index contributed by atoms with van der Waals surface area (Å²) in [6, 6.07) is 12.5. The molecule has 0 amide bonds. The van der Waals surface area contributed by atoms with Crippen molar-refractivity contribution in [2.24, 2.45) is 5.41 Å². The monoisotopic (exact) mass is 445 g/mol. The Morgan fingerprint density at radius 3 is 2.61 bits per heavy atom. The minimum atomic E-state index is -3.90. The molecule has 2 aliphatic rings. The molecule has 0 aliphatic carbocycles. The molecule has 0 N–H and O–H groups in total. The number of ether oxygens (including phenoxy) is 2. The van der Waals surface area contributed by atoms with E-state index in [1.807, 2.05) is 18.2 Å². The second-order valence-corrected chi connectivity index (χ2v) is 10.1. The zero-order chi connectivity index (χ0) is 21.9. The molecule has 0 atom stereocenters. The van der Waals surface area contributed by atoms with E-state index in [-0.39, 0.29) is 23.4 Å². The van der Waals surface area contributed by atoms with Gasteiger partial charge in [0.1, 0.15) is 17.2 Å². The summed E-state index contributed by atoms with van der Waals surface area (Å²) in [6.07, 6.45) is 3.31. The molecule has 166 valence electrons. The van der Waals surface area contributed by atoms with E-state index in [4.69, 9.17) is 9.47 Å². The Morgan fingerprint density at radius 2 is 1.90 bits per heavy atom. The normalized spacial score (nSPS) is 20.8. The number of esters is 1. The average Bonchev–Trinajstić information content (AvgIpc) is 2.79. The Morgan fingerprint density at radius 1 is 1.16 bits per heavy atom. The summed E-state index contributed by atoms with van der Waals surface area (Å²) in [6.45, 7) is 2.66. The van der Waals surface area contributed by atoms with Gasteiger partial charge in [0.25, 0.3) is 0 Å². The van der Waals surface area contributed by atoms with Crippen LogP contribution < -0.4 is 4.74 Å². The first kappa shape index (κ1) is 21.7. The molecule has 2 aromatic rings. The van der Waals surface area contributed by atoms with Crippen LogP contribution in [0.5, 0.6) is 5.75 Å². The highest BCUT2D eigenvalue weighted by molar-refractivity contribution is 7.89. The number of aromatic nitrogens is 1. The predicted octanol–water partition coefficient (Wildman–Crippen LogP) is 1.92. The number of para-hydroxylation sites is 1. The van der Waals surface area contributed by atoms with Crippen molar-refractivity contribution in [1.29, 1.82) is 0 Å². The molecule has 1 aromatic carbocycles. The van der Waals surface area contributed by atoms with E-state index in [1.54, 1.807) is 24.4 Å². The molecule has 0 radical (unpaired) electrons. The van der Waals surface area contributed by atoms with Crippen LogP contribution in [0.25, 0.3) is 0 Å².